The number of aliphatic hydroxyl groups is 2. The number of hydrogen-bond donors (Lipinski definition) is 2. The molecule has 2 nitrogen and oxygen atoms in total. The Labute approximate surface area is 122 Å². The Kier molecular flexibility index (Phi) is 4.43. The topological polar surface area (TPSA) is 40.5 Å². The number of rotatable bonds is 2. The largest absolute Gasteiger partial charge is 0.516 e. The van der Waals surface area contributed by atoms with Crippen molar-refractivity contribution in [1.82, 2.24) is 0 Å². The molecule has 0 saturated heterocycles. The molecule has 0 aromatic rings. The molecular formula is C18H28O2. The van der Waals surface area contributed by atoms with Crippen molar-refractivity contribution in [1.29, 1.82) is 0 Å². The first-order valence-electron chi connectivity index (χ1n) is 7.95. The van der Waals surface area contributed by atoms with Crippen LogP contribution in [-0.2, 0) is 0 Å². The summed E-state index contributed by atoms with van der Waals surface area (Å²) >= 11 is 0. The van der Waals surface area contributed by atoms with E-state index in [-0.39, 0.29) is 11.3 Å². The molecule has 0 radical (unpaired) electrons. The van der Waals surface area contributed by atoms with Gasteiger partial charge < -0.3 is 10.2 Å². The Bertz CT molecular complexity index is 446. The molecule has 0 aromatic heterocycles. The van der Waals surface area contributed by atoms with Crippen molar-refractivity contribution >= 4 is 0 Å². The van der Waals surface area contributed by atoms with Crippen molar-refractivity contribution in [3.63, 3.8) is 0 Å². The van der Waals surface area contributed by atoms with E-state index in [0.29, 0.717) is 0 Å². The minimum absolute atomic E-state index is 0.104. The average Bonchev–Trinajstić information content (AvgIpc) is 2.46. The Morgan fingerprint density at radius 3 is 2.60 bits per heavy atom. The smallest absolute Gasteiger partial charge is 0.0791 e. The molecule has 3 atom stereocenters. The fourth-order valence-corrected chi connectivity index (χ4v) is 4.73. The second-order valence-electron chi connectivity index (χ2n) is 6.41. The fourth-order valence-electron chi connectivity index (χ4n) is 4.73. The first-order valence-corrected chi connectivity index (χ1v) is 7.95. The van der Waals surface area contributed by atoms with Crippen LogP contribution in [0.15, 0.2) is 35.6 Å². The van der Waals surface area contributed by atoms with Crippen molar-refractivity contribution in [2.75, 3.05) is 0 Å². The van der Waals surface area contributed by atoms with Gasteiger partial charge in [-0.25, -0.2) is 0 Å². The van der Waals surface area contributed by atoms with E-state index in [1.165, 1.54) is 17.6 Å². The van der Waals surface area contributed by atoms with Crippen LogP contribution in [0.4, 0.5) is 0 Å². The van der Waals surface area contributed by atoms with Crippen LogP contribution >= 0.6 is 0 Å². The molecule has 112 valence electrons. The second kappa shape index (κ2) is 5.77. The third kappa shape index (κ3) is 2.05. The van der Waals surface area contributed by atoms with Gasteiger partial charge in [0.1, 0.15) is 0 Å². The van der Waals surface area contributed by atoms with E-state index in [2.05, 4.69) is 26.8 Å². The molecule has 2 aliphatic carbocycles. The van der Waals surface area contributed by atoms with Gasteiger partial charge in [0.25, 0.3) is 0 Å². The molecule has 0 heterocycles. The van der Waals surface area contributed by atoms with Crippen LogP contribution in [0.3, 0.4) is 0 Å². The molecule has 2 rings (SSSR count). The van der Waals surface area contributed by atoms with Crippen LogP contribution in [0, 0.1) is 11.3 Å². The summed E-state index contributed by atoms with van der Waals surface area (Å²) in [5, 5.41) is 20.4. The van der Waals surface area contributed by atoms with E-state index in [1.807, 2.05) is 6.08 Å². The van der Waals surface area contributed by atoms with Crippen molar-refractivity contribution in [2.24, 2.45) is 11.3 Å². The number of fused-ring (bicyclic) bond motifs is 1. The quantitative estimate of drug-likeness (QED) is 0.719. The SMILES string of the molecule is C\C=C1/C(=C\C=C\O)CC(C)C2(O)CCCC[C@]12CC. The third-order valence-electron chi connectivity index (χ3n) is 5.72. The summed E-state index contributed by atoms with van der Waals surface area (Å²) in [6, 6.07) is 0. The predicted octanol–water partition coefficient (Wildman–Crippen LogP) is 4.67. The zero-order valence-electron chi connectivity index (χ0n) is 13.0. The van der Waals surface area contributed by atoms with Crippen LogP contribution < -0.4 is 0 Å². The van der Waals surface area contributed by atoms with E-state index in [9.17, 15) is 5.11 Å². The minimum Gasteiger partial charge on any atom is -0.516 e. The van der Waals surface area contributed by atoms with Crippen molar-refractivity contribution in [2.45, 2.75) is 64.9 Å². The first-order chi connectivity index (χ1) is 9.55. The molecular weight excluding hydrogens is 248 g/mol. The highest BCUT2D eigenvalue weighted by atomic mass is 16.3. The predicted molar refractivity (Wildman–Crippen MR) is 83.5 cm³/mol. The average molecular weight is 276 g/mol. The molecule has 20 heavy (non-hydrogen) atoms. The highest BCUT2D eigenvalue weighted by molar-refractivity contribution is 5.45. The standard InChI is InChI=1S/C18H28O2/c1-4-16-15(9-8-12-19)13-14(3)18(20)11-7-6-10-17(16,18)5-2/h4,8-9,12,14,19-20H,5-7,10-11,13H2,1-3H3/b12-8+,15-9-,16-4+/t14?,17-,18?/m1/s1. The van der Waals surface area contributed by atoms with Gasteiger partial charge in [-0.05, 0) is 55.7 Å². The molecule has 2 heteroatoms. The summed E-state index contributed by atoms with van der Waals surface area (Å²) in [7, 11) is 0. The van der Waals surface area contributed by atoms with Gasteiger partial charge >= 0.3 is 0 Å². The molecule has 0 aliphatic heterocycles. The van der Waals surface area contributed by atoms with Gasteiger partial charge in [0, 0.05) is 5.41 Å². The zero-order valence-corrected chi connectivity index (χ0v) is 13.0. The van der Waals surface area contributed by atoms with Crippen LogP contribution in [0.2, 0.25) is 0 Å². The zero-order chi connectivity index (χ0) is 14.8. The van der Waals surface area contributed by atoms with Gasteiger partial charge in [-0.2, -0.15) is 0 Å². The Morgan fingerprint density at radius 2 is 2.00 bits per heavy atom. The Balaban J connectivity index is 2.55. The summed E-state index contributed by atoms with van der Waals surface area (Å²) in [5.41, 5.74) is 1.91. The molecule has 0 bridgehead atoms. The maximum absolute atomic E-state index is 11.4. The van der Waals surface area contributed by atoms with Crippen molar-refractivity contribution in [3.8, 4) is 0 Å². The molecule has 2 aliphatic rings. The summed E-state index contributed by atoms with van der Waals surface area (Å²) in [6.45, 7) is 6.46. The lowest BCUT2D eigenvalue weighted by molar-refractivity contribution is -0.141. The highest BCUT2D eigenvalue weighted by Crippen LogP contribution is 2.61. The van der Waals surface area contributed by atoms with Gasteiger partial charge in [0.05, 0.1) is 11.9 Å². The van der Waals surface area contributed by atoms with Crippen LogP contribution in [0.5, 0.6) is 0 Å². The van der Waals surface area contributed by atoms with E-state index in [4.69, 9.17) is 5.11 Å². The number of allylic oxidation sites excluding steroid dienone is 4. The number of aliphatic hydroxyl groups excluding tert-OH is 1. The van der Waals surface area contributed by atoms with E-state index in [0.717, 1.165) is 38.4 Å². The van der Waals surface area contributed by atoms with E-state index < -0.39 is 5.60 Å². The Hall–Kier alpha value is -1.02. The lowest BCUT2D eigenvalue weighted by Gasteiger charge is -2.58. The van der Waals surface area contributed by atoms with Gasteiger partial charge in [0.2, 0.25) is 0 Å². The molecule has 2 N–H and O–H groups in total. The summed E-state index contributed by atoms with van der Waals surface area (Å²) in [6.07, 6.45) is 13.2. The summed E-state index contributed by atoms with van der Waals surface area (Å²) < 4.78 is 0. The maximum Gasteiger partial charge on any atom is 0.0791 e. The molecule has 2 unspecified atom stereocenters. The second-order valence-corrected chi connectivity index (χ2v) is 6.41. The van der Waals surface area contributed by atoms with Crippen LogP contribution in [-0.4, -0.2) is 15.8 Å². The van der Waals surface area contributed by atoms with E-state index >= 15 is 0 Å². The lowest BCUT2D eigenvalue weighted by Crippen LogP contribution is -2.58. The fraction of sp³-hybridized carbons (Fsp3) is 0.667. The first kappa shape index (κ1) is 15.4. The number of hydrogen-bond acceptors (Lipinski definition) is 2. The molecule has 0 aromatic carbocycles. The van der Waals surface area contributed by atoms with Gasteiger partial charge in [0.15, 0.2) is 0 Å². The lowest BCUT2D eigenvalue weighted by atomic mass is 9.49. The summed E-state index contributed by atoms with van der Waals surface area (Å²) in [5.74, 6) is 0.268. The molecule has 2 saturated carbocycles. The third-order valence-corrected chi connectivity index (χ3v) is 5.72. The monoisotopic (exact) mass is 276 g/mol. The van der Waals surface area contributed by atoms with E-state index in [1.54, 1.807) is 6.08 Å². The normalized spacial score (nSPS) is 42.3. The van der Waals surface area contributed by atoms with Gasteiger partial charge in [-0.15, -0.1) is 0 Å². The highest BCUT2D eigenvalue weighted by Gasteiger charge is 2.58. The van der Waals surface area contributed by atoms with Crippen LogP contribution in [0.25, 0.3) is 0 Å². The maximum atomic E-state index is 11.4. The van der Waals surface area contributed by atoms with Gasteiger partial charge in [-0.3, -0.25) is 0 Å². The molecule has 0 amide bonds. The van der Waals surface area contributed by atoms with Gasteiger partial charge in [-0.1, -0.05) is 38.8 Å². The minimum atomic E-state index is -0.567. The summed E-state index contributed by atoms with van der Waals surface area (Å²) in [4.78, 5) is 0. The van der Waals surface area contributed by atoms with Crippen molar-refractivity contribution in [3.05, 3.63) is 35.6 Å². The Morgan fingerprint density at radius 1 is 1.30 bits per heavy atom. The van der Waals surface area contributed by atoms with Crippen molar-refractivity contribution < 1.29 is 10.2 Å². The molecule has 2 fully saturated rings. The van der Waals surface area contributed by atoms with Crippen LogP contribution in [0.1, 0.15) is 59.3 Å². The molecule has 0 spiro atoms.